The van der Waals surface area contributed by atoms with E-state index in [0.717, 1.165) is 20.8 Å². The highest BCUT2D eigenvalue weighted by Gasteiger charge is 2.15. The summed E-state index contributed by atoms with van der Waals surface area (Å²) in [6, 6.07) is 11.8. The van der Waals surface area contributed by atoms with Crippen LogP contribution in [-0.2, 0) is 6.42 Å². The maximum Gasteiger partial charge on any atom is 0.0701 e. The van der Waals surface area contributed by atoms with E-state index in [2.05, 4.69) is 22.0 Å². The average molecular weight is 332 g/mol. The topological polar surface area (TPSA) is 20.2 Å². The highest BCUT2D eigenvalue weighted by atomic mass is 79.9. The second kappa shape index (κ2) is 6.01. The minimum Gasteiger partial charge on any atom is -0.396 e. The number of thiophene rings is 1. The Labute approximate surface area is 118 Å². The maximum atomic E-state index is 9.51. The molecule has 0 aliphatic rings. The van der Waals surface area contributed by atoms with Crippen molar-refractivity contribution >= 4 is 38.9 Å². The standard InChI is InChI=1S/C13H12BrClOS/c14-13-6-5-10(17-13)7-9(8-16)11-3-1-2-4-12(11)15/h1-6,9,16H,7-8H2. The summed E-state index contributed by atoms with van der Waals surface area (Å²) in [7, 11) is 0. The summed E-state index contributed by atoms with van der Waals surface area (Å²) in [5.41, 5.74) is 1.01. The van der Waals surface area contributed by atoms with E-state index in [-0.39, 0.29) is 12.5 Å². The predicted molar refractivity (Wildman–Crippen MR) is 77.0 cm³/mol. The molecular formula is C13H12BrClOS. The van der Waals surface area contributed by atoms with Gasteiger partial charge in [0, 0.05) is 15.8 Å². The third kappa shape index (κ3) is 3.32. The molecule has 0 bridgehead atoms. The van der Waals surface area contributed by atoms with Crippen LogP contribution in [-0.4, -0.2) is 11.7 Å². The van der Waals surface area contributed by atoms with Crippen molar-refractivity contribution < 1.29 is 5.11 Å². The van der Waals surface area contributed by atoms with E-state index >= 15 is 0 Å². The predicted octanol–water partition coefficient (Wildman–Crippen LogP) is 4.48. The van der Waals surface area contributed by atoms with Gasteiger partial charge in [0.25, 0.3) is 0 Å². The van der Waals surface area contributed by atoms with Gasteiger partial charge in [-0.2, -0.15) is 0 Å². The number of hydrogen-bond donors (Lipinski definition) is 1. The molecule has 1 nitrogen and oxygen atoms in total. The summed E-state index contributed by atoms with van der Waals surface area (Å²) in [5, 5.41) is 10.2. The fourth-order valence-electron chi connectivity index (χ4n) is 1.78. The average Bonchev–Trinajstić information content (AvgIpc) is 2.73. The molecule has 0 saturated heterocycles. The van der Waals surface area contributed by atoms with Crippen molar-refractivity contribution in [1.82, 2.24) is 0 Å². The molecule has 90 valence electrons. The van der Waals surface area contributed by atoms with Gasteiger partial charge in [0.2, 0.25) is 0 Å². The Morgan fingerprint density at radius 2 is 2.00 bits per heavy atom. The SMILES string of the molecule is OCC(Cc1ccc(Br)s1)c1ccccc1Cl. The zero-order valence-electron chi connectivity index (χ0n) is 9.07. The zero-order chi connectivity index (χ0) is 12.3. The number of rotatable bonds is 4. The summed E-state index contributed by atoms with van der Waals surface area (Å²) in [6.45, 7) is 0.110. The monoisotopic (exact) mass is 330 g/mol. The van der Waals surface area contributed by atoms with Crippen LogP contribution in [0.4, 0.5) is 0 Å². The quantitative estimate of drug-likeness (QED) is 0.875. The van der Waals surface area contributed by atoms with Gasteiger partial charge >= 0.3 is 0 Å². The van der Waals surface area contributed by atoms with E-state index in [9.17, 15) is 5.11 Å². The third-order valence-corrected chi connectivity index (χ3v) is 4.63. The van der Waals surface area contributed by atoms with Crippen molar-refractivity contribution in [3.05, 3.63) is 55.6 Å². The molecule has 2 rings (SSSR count). The Bertz CT molecular complexity index is 498. The summed E-state index contributed by atoms with van der Waals surface area (Å²) in [5.74, 6) is 0.0641. The number of aliphatic hydroxyl groups is 1. The van der Waals surface area contributed by atoms with Crippen LogP contribution in [0.5, 0.6) is 0 Å². The summed E-state index contributed by atoms with van der Waals surface area (Å²) in [4.78, 5) is 1.25. The second-order valence-electron chi connectivity index (χ2n) is 3.81. The van der Waals surface area contributed by atoms with Crippen molar-refractivity contribution in [1.29, 1.82) is 0 Å². The number of benzene rings is 1. The molecule has 0 amide bonds. The van der Waals surface area contributed by atoms with Gasteiger partial charge in [0.15, 0.2) is 0 Å². The fourth-order valence-corrected chi connectivity index (χ4v) is 3.64. The van der Waals surface area contributed by atoms with Gasteiger partial charge in [-0.25, -0.2) is 0 Å². The largest absolute Gasteiger partial charge is 0.396 e. The van der Waals surface area contributed by atoms with Gasteiger partial charge in [0.1, 0.15) is 0 Å². The van der Waals surface area contributed by atoms with Crippen LogP contribution in [0.15, 0.2) is 40.2 Å². The van der Waals surface area contributed by atoms with Crippen molar-refractivity contribution in [2.75, 3.05) is 6.61 Å². The van der Waals surface area contributed by atoms with Gasteiger partial charge in [0.05, 0.1) is 10.4 Å². The molecule has 1 aromatic carbocycles. The summed E-state index contributed by atoms with van der Waals surface area (Å²) >= 11 is 11.3. The van der Waals surface area contributed by atoms with Crippen LogP contribution in [0, 0.1) is 0 Å². The molecule has 0 radical (unpaired) electrons. The zero-order valence-corrected chi connectivity index (χ0v) is 12.2. The highest BCUT2D eigenvalue weighted by Crippen LogP contribution is 2.30. The lowest BCUT2D eigenvalue weighted by Crippen LogP contribution is -2.07. The Balaban J connectivity index is 2.20. The number of halogens is 2. The molecule has 4 heteroatoms. The van der Waals surface area contributed by atoms with Crippen molar-refractivity contribution in [3.8, 4) is 0 Å². The molecule has 2 aromatic rings. The second-order valence-corrected chi connectivity index (χ2v) is 6.77. The number of hydrogen-bond acceptors (Lipinski definition) is 2. The lowest BCUT2D eigenvalue weighted by molar-refractivity contribution is 0.265. The van der Waals surface area contributed by atoms with E-state index in [1.54, 1.807) is 11.3 Å². The lowest BCUT2D eigenvalue weighted by atomic mass is 9.96. The van der Waals surface area contributed by atoms with Crippen molar-refractivity contribution in [3.63, 3.8) is 0 Å². The number of aliphatic hydroxyl groups excluding tert-OH is 1. The molecule has 17 heavy (non-hydrogen) atoms. The molecule has 1 aromatic heterocycles. The van der Waals surface area contributed by atoms with E-state index in [0.29, 0.717) is 0 Å². The summed E-state index contributed by atoms with van der Waals surface area (Å²) in [6.07, 6.45) is 0.816. The van der Waals surface area contributed by atoms with Crippen LogP contribution in [0.3, 0.4) is 0 Å². The molecule has 0 fully saturated rings. The van der Waals surface area contributed by atoms with E-state index in [1.165, 1.54) is 4.88 Å². The molecule has 1 unspecified atom stereocenters. The van der Waals surface area contributed by atoms with Gasteiger partial charge in [-0.1, -0.05) is 29.8 Å². The van der Waals surface area contributed by atoms with E-state index in [1.807, 2.05) is 30.3 Å². The lowest BCUT2D eigenvalue weighted by Gasteiger charge is -2.15. The van der Waals surface area contributed by atoms with Gasteiger partial charge in [-0.05, 0) is 46.1 Å². The molecule has 0 spiro atoms. The van der Waals surface area contributed by atoms with Crippen LogP contribution < -0.4 is 0 Å². The molecule has 0 aliphatic heterocycles. The third-order valence-electron chi connectivity index (χ3n) is 2.64. The smallest absolute Gasteiger partial charge is 0.0701 e. The van der Waals surface area contributed by atoms with Crippen molar-refractivity contribution in [2.24, 2.45) is 0 Å². The summed E-state index contributed by atoms with van der Waals surface area (Å²) < 4.78 is 1.11. The van der Waals surface area contributed by atoms with Gasteiger partial charge in [-0.15, -0.1) is 11.3 Å². The van der Waals surface area contributed by atoms with E-state index in [4.69, 9.17) is 11.6 Å². The van der Waals surface area contributed by atoms with Gasteiger partial charge in [-0.3, -0.25) is 0 Å². The molecule has 1 N–H and O–H groups in total. The minimum absolute atomic E-state index is 0.0641. The minimum atomic E-state index is 0.0641. The van der Waals surface area contributed by atoms with Crippen LogP contribution in [0.1, 0.15) is 16.4 Å². The first-order valence-corrected chi connectivity index (χ1v) is 7.29. The van der Waals surface area contributed by atoms with Crippen LogP contribution >= 0.6 is 38.9 Å². The Kier molecular flexibility index (Phi) is 4.62. The molecule has 1 atom stereocenters. The molecular weight excluding hydrogens is 320 g/mol. The molecule has 0 saturated carbocycles. The normalized spacial score (nSPS) is 12.6. The first-order chi connectivity index (χ1) is 8.20. The van der Waals surface area contributed by atoms with Gasteiger partial charge < -0.3 is 5.11 Å². The maximum absolute atomic E-state index is 9.51. The van der Waals surface area contributed by atoms with E-state index < -0.39 is 0 Å². The first-order valence-electron chi connectivity index (χ1n) is 5.30. The highest BCUT2D eigenvalue weighted by molar-refractivity contribution is 9.11. The van der Waals surface area contributed by atoms with Crippen LogP contribution in [0.25, 0.3) is 0 Å². The molecule has 0 aliphatic carbocycles. The first kappa shape index (κ1) is 13.1. The Hall–Kier alpha value is -0.350. The van der Waals surface area contributed by atoms with Crippen molar-refractivity contribution in [2.45, 2.75) is 12.3 Å². The Morgan fingerprint density at radius 1 is 1.24 bits per heavy atom. The molecule has 1 heterocycles. The van der Waals surface area contributed by atoms with Crippen LogP contribution in [0.2, 0.25) is 5.02 Å². The fraction of sp³-hybridized carbons (Fsp3) is 0.231. The Morgan fingerprint density at radius 3 is 2.59 bits per heavy atom.